The van der Waals surface area contributed by atoms with Crippen molar-refractivity contribution in [3.05, 3.63) is 71.5 Å². The number of carbonyl (C=O) groups is 1. The molecule has 1 aromatic heterocycles. The Bertz CT molecular complexity index is 862. The number of para-hydroxylation sites is 1. The predicted molar refractivity (Wildman–Crippen MR) is 91.4 cm³/mol. The number of aromatic nitrogens is 3. The van der Waals surface area contributed by atoms with Crippen molar-refractivity contribution in [2.75, 3.05) is 7.11 Å². The third kappa shape index (κ3) is 3.84. The molecule has 2 N–H and O–H groups in total. The average molecular weight is 338 g/mol. The normalized spacial score (nSPS) is 10.5. The highest BCUT2D eigenvalue weighted by atomic mass is 16.5. The van der Waals surface area contributed by atoms with Crippen LogP contribution in [0.3, 0.4) is 0 Å². The number of aliphatic hydroxyl groups excluding tert-OH is 1. The molecule has 7 nitrogen and oxygen atoms in total. The van der Waals surface area contributed by atoms with Crippen molar-refractivity contribution in [3.8, 4) is 11.4 Å². The molecular formula is C18H18N4O3. The average Bonchev–Trinajstić information content (AvgIpc) is 3.11. The standard InChI is InChI=1S/C18H18N4O3/c1-25-15-9-5-6-13(10-15)11-19-18(24)17-16(12-23)20-22(21-17)14-7-3-2-4-8-14/h2-10,23H,11-12H2,1H3,(H,19,24). The van der Waals surface area contributed by atoms with Crippen LogP contribution in [0.5, 0.6) is 5.75 Å². The summed E-state index contributed by atoms with van der Waals surface area (Å²) in [5, 5.41) is 20.6. The van der Waals surface area contributed by atoms with E-state index in [-0.39, 0.29) is 18.0 Å². The molecule has 0 saturated heterocycles. The molecule has 128 valence electrons. The molecule has 0 saturated carbocycles. The molecule has 0 radical (unpaired) electrons. The van der Waals surface area contributed by atoms with Crippen molar-refractivity contribution in [3.63, 3.8) is 0 Å². The topological polar surface area (TPSA) is 89.3 Å². The van der Waals surface area contributed by atoms with Crippen molar-refractivity contribution in [1.29, 1.82) is 0 Å². The van der Waals surface area contributed by atoms with Crippen LogP contribution in [0, 0.1) is 0 Å². The van der Waals surface area contributed by atoms with E-state index in [0.717, 1.165) is 11.3 Å². The summed E-state index contributed by atoms with van der Waals surface area (Å²) in [5.74, 6) is 0.326. The molecule has 0 spiro atoms. The van der Waals surface area contributed by atoms with Gasteiger partial charge < -0.3 is 15.2 Å². The summed E-state index contributed by atoms with van der Waals surface area (Å²) in [4.78, 5) is 13.8. The van der Waals surface area contributed by atoms with Gasteiger partial charge in [0.05, 0.1) is 19.4 Å². The zero-order valence-corrected chi connectivity index (χ0v) is 13.7. The van der Waals surface area contributed by atoms with Gasteiger partial charge in [-0.2, -0.15) is 4.80 Å². The Kier molecular flexibility index (Phi) is 5.06. The van der Waals surface area contributed by atoms with Gasteiger partial charge in [-0.3, -0.25) is 4.79 Å². The predicted octanol–water partition coefficient (Wildman–Crippen LogP) is 1.70. The van der Waals surface area contributed by atoms with Gasteiger partial charge >= 0.3 is 0 Å². The third-order valence-electron chi connectivity index (χ3n) is 3.62. The van der Waals surface area contributed by atoms with Gasteiger partial charge in [0.1, 0.15) is 11.4 Å². The highest BCUT2D eigenvalue weighted by Crippen LogP contribution is 2.13. The minimum absolute atomic E-state index is 0.106. The number of rotatable bonds is 6. The molecule has 1 amide bonds. The zero-order valence-electron chi connectivity index (χ0n) is 13.7. The van der Waals surface area contributed by atoms with Crippen LogP contribution in [0.4, 0.5) is 0 Å². The van der Waals surface area contributed by atoms with E-state index < -0.39 is 5.91 Å². The van der Waals surface area contributed by atoms with E-state index in [0.29, 0.717) is 12.2 Å². The Balaban J connectivity index is 1.76. The number of ether oxygens (including phenoxy) is 1. The second kappa shape index (κ2) is 7.59. The number of amides is 1. The van der Waals surface area contributed by atoms with E-state index in [1.54, 1.807) is 7.11 Å². The van der Waals surface area contributed by atoms with Crippen LogP contribution in [0.15, 0.2) is 54.6 Å². The lowest BCUT2D eigenvalue weighted by molar-refractivity contribution is 0.0942. The van der Waals surface area contributed by atoms with Gasteiger partial charge in [0.15, 0.2) is 5.69 Å². The minimum atomic E-state index is -0.394. The maximum absolute atomic E-state index is 12.4. The fraction of sp³-hybridized carbons (Fsp3) is 0.167. The monoisotopic (exact) mass is 338 g/mol. The Labute approximate surface area is 144 Å². The quantitative estimate of drug-likeness (QED) is 0.714. The molecular weight excluding hydrogens is 320 g/mol. The fourth-order valence-corrected chi connectivity index (χ4v) is 2.34. The number of carbonyl (C=O) groups excluding carboxylic acids is 1. The Morgan fingerprint density at radius 1 is 1.16 bits per heavy atom. The lowest BCUT2D eigenvalue weighted by Crippen LogP contribution is -2.24. The smallest absolute Gasteiger partial charge is 0.274 e. The molecule has 25 heavy (non-hydrogen) atoms. The summed E-state index contributed by atoms with van der Waals surface area (Å²) in [6, 6.07) is 16.6. The Morgan fingerprint density at radius 3 is 2.68 bits per heavy atom. The molecule has 3 rings (SSSR count). The first-order valence-corrected chi connectivity index (χ1v) is 7.75. The molecule has 3 aromatic rings. The molecule has 7 heteroatoms. The molecule has 0 aliphatic heterocycles. The van der Waals surface area contributed by atoms with Gasteiger partial charge in [0.2, 0.25) is 0 Å². The van der Waals surface area contributed by atoms with E-state index in [2.05, 4.69) is 15.5 Å². The van der Waals surface area contributed by atoms with Crippen molar-refractivity contribution in [1.82, 2.24) is 20.3 Å². The summed E-state index contributed by atoms with van der Waals surface area (Å²) in [6.07, 6.45) is 0. The van der Waals surface area contributed by atoms with Crippen molar-refractivity contribution in [2.24, 2.45) is 0 Å². The lowest BCUT2D eigenvalue weighted by atomic mass is 10.2. The number of nitrogens with one attached hydrogen (secondary N) is 1. The van der Waals surface area contributed by atoms with Crippen molar-refractivity contribution in [2.45, 2.75) is 13.2 Å². The van der Waals surface area contributed by atoms with Gasteiger partial charge in [-0.1, -0.05) is 30.3 Å². The second-order valence-electron chi connectivity index (χ2n) is 5.31. The molecule has 0 aliphatic carbocycles. The van der Waals surface area contributed by atoms with Crippen LogP contribution >= 0.6 is 0 Å². The van der Waals surface area contributed by atoms with Crippen LogP contribution in [0.1, 0.15) is 21.7 Å². The SMILES string of the molecule is COc1cccc(CNC(=O)c2nn(-c3ccccc3)nc2CO)c1. The molecule has 0 atom stereocenters. The Morgan fingerprint density at radius 2 is 1.96 bits per heavy atom. The van der Waals surface area contributed by atoms with E-state index >= 15 is 0 Å². The van der Waals surface area contributed by atoms with Crippen LogP contribution in [-0.4, -0.2) is 33.1 Å². The summed E-state index contributed by atoms with van der Waals surface area (Å²) < 4.78 is 5.16. The van der Waals surface area contributed by atoms with Gasteiger partial charge in [-0.15, -0.1) is 10.2 Å². The number of methoxy groups -OCH3 is 1. The highest BCUT2D eigenvalue weighted by Gasteiger charge is 2.18. The van der Waals surface area contributed by atoms with E-state index in [9.17, 15) is 9.90 Å². The van der Waals surface area contributed by atoms with Gasteiger partial charge in [0.25, 0.3) is 5.91 Å². The molecule has 0 bridgehead atoms. The number of nitrogens with zero attached hydrogens (tertiary/aromatic N) is 3. The highest BCUT2D eigenvalue weighted by molar-refractivity contribution is 5.93. The summed E-state index contributed by atoms with van der Waals surface area (Å²) >= 11 is 0. The maximum Gasteiger partial charge on any atom is 0.274 e. The lowest BCUT2D eigenvalue weighted by Gasteiger charge is -2.06. The van der Waals surface area contributed by atoms with Crippen LogP contribution in [0.2, 0.25) is 0 Å². The number of hydrogen-bond donors (Lipinski definition) is 2. The summed E-state index contributed by atoms with van der Waals surface area (Å²) in [7, 11) is 1.59. The van der Waals surface area contributed by atoms with Crippen LogP contribution in [-0.2, 0) is 13.2 Å². The zero-order chi connectivity index (χ0) is 17.6. The van der Waals surface area contributed by atoms with E-state index in [1.165, 1.54) is 4.80 Å². The molecule has 1 heterocycles. The van der Waals surface area contributed by atoms with Gasteiger partial charge in [-0.05, 0) is 29.8 Å². The largest absolute Gasteiger partial charge is 0.497 e. The first-order chi connectivity index (χ1) is 12.2. The van der Waals surface area contributed by atoms with Crippen LogP contribution < -0.4 is 10.1 Å². The molecule has 2 aromatic carbocycles. The maximum atomic E-state index is 12.4. The van der Waals surface area contributed by atoms with Crippen molar-refractivity contribution >= 4 is 5.91 Å². The summed E-state index contributed by atoms with van der Waals surface area (Å²) in [5.41, 5.74) is 1.94. The number of aliphatic hydroxyl groups is 1. The molecule has 0 unspecified atom stereocenters. The molecule has 0 aliphatic rings. The second-order valence-corrected chi connectivity index (χ2v) is 5.31. The van der Waals surface area contributed by atoms with Crippen LogP contribution in [0.25, 0.3) is 5.69 Å². The minimum Gasteiger partial charge on any atom is -0.497 e. The van der Waals surface area contributed by atoms with E-state index in [4.69, 9.17) is 4.74 Å². The number of hydrogen-bond acceptors (Lipinski definition) is 5. The first-order valence-electron chi connectivity index (χ1n) is 7.75. The fourth-order valence-electron chi connectivity index (χ4n) is 2.34. The van der Waals surface area contributed by atoms with E-state index in [1.807, 2.05) is 54.6 Å². The third-order valence-corrected chi connectivity index (χ3v) is 3.62. The number of benzene rings is 2. The first kappa shape index (κ1) is 16.7. The van der Waals surface area contributed by atoms with Gasteiger partial charge in [0, 0.05) is 6.54 Å². The Hall–Kier alpha value is -3.19. The summed E-state index contributed by atoms with van der Waals surface area (Å²) in [6.45, 7) is -0.0478. The van der Waals surface area contributed by atoms with Crippen molar-refractivity contribution < 1.29 is 14.6 Å². The van der Waals surface area contributed by atoms with Gasteiger partial charge in [-0.25, -0.2) is 0 Å². The molecule has 0 fully saturated rings.